The number of fused-ring (bicyclic) bond motifs is 5. The maximum absolute atomic E-state index is 15.1. The molecule has 41 heavy (non-hydrogen) atoms. The van der Waals surface area contributed by atoms with Crippen molar-refractivity contribution in [1.82, 2.24) is 20.2 Å². The Hall–Kier alpha value is -2.91. The minimum Gasteiger partial charge on any atom is -0.461 e. The number of ether oxygens (including phenoxy) is 1. The summed E-state index contributed by atoms with van der Waals surface area (Å²) in [5.74, 6) is -1.32. The summed E-state index contributed by atoms with van der Waals surface area (Å²) in [5.41, 5.74) is 3.56. The molecule has 4 saturated heterocycles. The molecule has 2 bridgehead atoms. The van der Waals surface area contributed by atoms with Crippen molar-refractivity contribution in [1.29, 1.82) is 0 Å². The molecule has 0 saturated carbocycles. The van der Waals surface area contributed by atoms with E-state index in [-0.39, 0.29) is 5.54 Å². The number of anilines is 1. The SMILES string of the molecule is Fc1ccc2cccc(N3CCc4c(nc(OC[C@@]56CCCN5C[C@H](F)C6)nc4[C@H]4C[C@H]5CC[C@@H](C4)N5)C3)c2c1F. The van der Waals surface area contributed by atoms with Gasteiger partial charge in [0.25, 0.3) is 0 Å². The largest absolute Gasteiger partial charge is 0.461 e. The summed E-state index contributed by atoms with van der Waals surface area (Å²) in [5, 5.41) is 4.72. The molecule has 0 amide bonds. The van der Waals surface area contributed by atoms with Crippen LogP contribution in [0.3, 0.4) is 0 Å². The topological polar surface area (TPSA) is 53.5 Å². The van der Waals surface area contributed by atoms with Gasteiger partial charge in [0, 0.05) is 48.6 Å². The van der Waals surface area contributed by atoms with Crippen LogP contribution < -0.4 is 15.0 Å². The third kappa shape index (κ3) is 4.38. The highest BCUT2D eigenvalue weighted by atomic mass is 19.2. The second kappa shape index (κ2) is 9.83. The van der Waals surface area contributed by atoms with E-state index >= 15 is 4.39 Å². The Morgan fingerprint density at radius 1 is 1.05 bits per heavy atom. The molecule has 0 spiro atoms. The zero-order valence-corrected chi connectivity index (χ0v) is 23.2. The summed E-state index contributed by atoms with van der Waals surface area (Å²) >= 11 is 0. The average Bonchev–Trinajstić information content (AvgIpc) is 3.63. The molecule has 3 aromatic rings. The first-order chi connectivity index (χ1) is 20.0. The van der Waals surface area contributed by atoms with Gasteiger partial charge < -0.3 is 15.0 Å². The zero-order chi connectivity index (χ0) is 27.7. The maximum atomic E-state index is 15.1. The fourth-order valence-corrected chi connectivity index (χ4v) is 8.53. The zero-order valence-electron chi connectivity index (χ0n) is 23.2. The molecule has 0 unspecified atom stereocenters. The van der Waals surface area contributed by atoms with Crippen molar-refractivity contribution in [2.24, 2.45) is 0 Å². The predicted molar refractivity (Wildman–Crippen MR) is 151 cm³/mol. The number of hydrogen-bond acceptors (Lipinski definition) is 6. The molecular weight excluding hydrogens is 527 g/mol. The minimum atomic E-state index is -0.842. The molecule has 4 fully saturated rings. The number of aromatic nitrogens is 2. The van der Waals surface area contributed by atoms with E-state index in [1.807, 2.05) is 18.2 Å². The van der Waals surface area contributed by atoms with E-state index in [9.17, 15) is 8.78 Å². The highest BCUT2D eigenvalue weighted by Gasteiger charge is 2.49. The van der Waals surface area contributed by atoms with Crippen molar-refractivity contribution < 1.29 is 17.9 Å². The van der Waals surface area contributed by atoms with Crippen molar-refractivity contribution >= 4 is 16.5 Å². The van der Waals surface area contributed by atoms with Gasteiger partial charge in [-0.3, -0.25) is 4.90 Å². The summed E-state index contributed by atoms with van der Waals surface area (Å²) < 4.78 is 50.1. The smallest absolute Gasteiger partial charge is 0.316 e. The molecule has 5 atom stereocenters. The van der Waals surface area contributed by atoms with E-state index < -0.39 is 17.8 Å². The predicted octanol–water partition coefficient (Wildman–Crippen LogP) is 5.42. The van der Waals surface area contributed by atoms with E-state index in [4.69, 9.17) is 14.7 Å². The van der Waals surface area contributed by atoms with Crippen LogP contribution in [-0.2, 0) is 13.0 Å². The summed E-state index contributed by atoms with van der Waals surface area (Å²) in [6.07, 6.45) is 6.92. The monoisotopic (exact) mass is 563 g/mol. The Morgan fingerprint density at radius 2 is 1.90 bits per heavy atom. The lowest BCUT2D eigenvalue weighted by molar-refractivity contribution is 0.106. The molecule has 2 aromatic carbocycles. The van der Waals surface area contributed by atoms with Crippen molar-refractivity contribution in [3.8, 4) is 6.01 Å². The molecule has 6 nitrogen and oxygen atoms in total. The van der Waals surface area contributed by atoms with Crippen LogP contribution in [0.1, 0.15) is 67.8 Å². The molecule has 6 heterocycles. The number of benzene rings is 2. The molecule has 9 heteroatoms. The van der Waals surface area contributed by atoms with Crippen LogP contribution in [0.25, 0.3) is 10.8 Å². The number of piperidine rings is 1. The molecule has 0 radical (unpaired) electrons. The summed E-state index contributed by atoms with van der Waals surface area (Å²) in [7, 11) is 0. The molecule has 0 aliphatic carbocycles. The van der Waals surface area contributed by atoms with E-state index in [2.05, 4.69) is 15.1 Å². The van der Waals surface area contributed by atoms with Crippen LogP contribution in [0, 0.1) is 11.6 Å². The lowest BCUT2D eigenvalue weighted by atomic mass is 9.85. The molecule has 1 aromatic heterocycles. The van der Waals surface area contributed by atoms with Gasteiger partial charge in [-0.25, -0.2) is 13.2 Å². The minimum absolute atomic E-state index is 0.275. The second-order valence-electron chi connectivity index (χ2n) is 12.9. The third-order valence-corrected chi connectivity index (χ3v) is 10.4. The molecular formula is C32H36F3N5O. The number of hydrogen-bond donors (Lipinski definition) is 1. The Labute approximate surface area is 238 Å². The number of alkyl halides is 1. The standard InChI is InChI=1S/C32H36F3N5O/c33-21-15-32(10-2-11-40(32)16-21)18-41-31-37-26-17-39(27-4-1-3-19-5-8-25(34)29(35)28(19)27)12-9-24(26)30(38-31)20-13-22-6-7-23(14-20)36-22/h1,3-5,8,20-23,36H,2,6-7,9-18H2/t20-,21-,22+,23-,32+/m1/s1. The maximum Gasteiger partial charge on any atom is 0.316 e. The quantitative estimate of drug-likeness (QED) is 0.447. The lowest BCUT2D eigenvalue weighted by Gasteiger charge is -2.35. The van der Waals surface area contributed by atoms with Crippen LogP contribution in [-0.4, -0.2) is 64.9 Å². The van der Waals surface area contributed by atoms with Crippen LogP contribution >= 0.6 is 0 Å². The van der Waals surface area contributed by atoms with E-state index in [0.29, 0.717) is 73.1 Å². The van der Waals surface area contributed by atoms with Gasteiger partial charge in [0.1, 0.15) is 12.8 Å². The van der Waals surface area contributed by atoms with Crippen molar-refractivity contribution in [3.63, 3.8) is 0 Å². The average molecular weight is 564 g/mol. The lowest BCUT2D eigenvalue weighted by Crippen LogP contribution is -2.43. The highest BCUT2D eigenvalue weighted by Crippen LogP contribution is 2.43. The third-order valence-electron chi connectivity index (χ3n) is 10.4. The van der Waals surface area contributed by atoms with Gasteiger partial charge in [0.15, 0.2) is 11.6 Å². The summed E-state index contributed by atoms with van der Waals surface area (Å²) in [6.45, 7) is 2.93. The van der Waals surface area contributed by atoms with Gasteiger partial charge in [0.2, 0.25) is 0 Å². The number of rotatable bonds is 5. The van der Waals surface area contributed by atoms with Gasteiger partial charge in [-0.05, 0) is 74.6 Å². The summed E-state index contributed by atoms with van der Waals surface area (Å²) in [4.78, 5) is 14.4. The van der Waals surface area contributed by atoms with Crippen LogP contribution in [0.5, 0.6) is 6.01 Å². The molecule has 216 valence electrons. The fraction of sp³-hybridized carbons (Fsp3) is 0.562. The first kappa shape index (κ1) is 25.8. The fourth-order valence-electron chi connectivity index (χ4n) is 8.53. The van der Waals surface area contributed by atoms with Gasteiger partial charge in [0.05, 0.1) is 23.5 Å². The van der Waals surface area contributed by atoms with Crippen LogP contribution in [0.15, 0.2) is 30.3 Å². The molecule has 5 aliphatic heterocycles. The number of nitrogens with one attached hydrogen (secondary N) is 1. The second-order valence-corrected chi connectivity index (χ2v) is 12.9. The Bertz CT molecular complexity index is 1490. The van der Waals surface area contributed by atoms with Gasteiger partial charge in [-0.15, -0.1) is 0 Å². The Morgan fingerprint density at radius 3 is 2.76 bits per heavy atom. The van der Waals surface area contributed by atoms with Crippen LogP contribution in [0.2, 0.25) is 0 Å². The number of nitrogens with zero attached hydrogens (tertiary/aromatic N) is 4. The van der Waals surface area contributed by atoms with E-state index in [1.54, 1.807) is 6.07 Å². The first-order valence-corrected chi connectivity index (χ1v) is 15.3. The van der Waals surface area contributed by atoms with E-state index in [1.165, 1.54) is 24.5 Å². The molecule has 5 aliphatic rings. The van der Waals surface area contributed by atoms with Crippen molar-refractivity contribution in [2.45, 2.75) is 87.6 Å². The van der Waals surface area contributed by atoms with Gasteiger partial charge >= 0.3 is 6.01 Å². The highest BCUT2D eigenvalue weighted by molar-refractivity contribution is 5.95. The Balaban J connectivity index is 1.15. The van der Waals surface area contributed by atoms with Crippen molar-refractivity contribution in [3.05, 3.63) is 58.9 Å². The normalized spacial score (nSPS) is 31.0. The van der Waals surface area contributed by atoms with Gasteiger partial charge in [-0.1, -0.05) is 18.2 Å². The van der Waals surface area contributed by atoms with E-state index in [0.717, 1.165) is 50.0 Å². The van der Waals surface area contributed by atoms with Gasteiger partial charge in [-0.2, -0.15) is 9.97 Å². The molecule has 1 N–H and O–H groups in total. The van der Waals surface area contributed by atoms with Crippen LogP contribution in [0.4, 0.5) is 18.9 Å². The first-order valence-electron chi connectivity index (χ1n) is 15.3. The number of halogens is 3. The molecule has 8 rings (SSSR count). The Kier molecular flexibility index (Phi) is 6.18. The van der Waals surface area contributed by atoms with Crippen molar-refractivity contribution in [2.75, 3.05) is 31.1 Å². The summed E-state index contributed by atoms with van der Waals surface area (Å²) in [6, 6.07) is 9.79.